The monoisotopic (exact) mass is 462 g/mol. The minimum Gasteiger partial charge on any atom is -0.457 e. The van der Waals surface area contributed by atoms with Gasteiger partial charge in [-0.1, -0.05) is 24.3 Å². The van der Waals surface area contributed by atoms with Gasteiger partial charge < -0.3 is 21.1 Å². The van der Waals surface area contributed by atoms with E-state index in [1.165, 1.54) is 0 Å². The molecule has 8 heteroatoms. The number of benzene rings is 3. The van der Waals surface area contributed by atoms with Crippen molar-refractivity contribution in [3.8, 4) is 11.5 Å². The Morgan fingerprint density at radius 1 is 1.00 bits per heavy atom. The van der Waals surface area contributed by atoms with E-state index in [9.17, 15) is 4.79 Å². The number of nitrogen functional groups attached to an aromatic ring is 1. The van der Waals surface area contributed by atoms with Crippen LogP contribution in [-0.2, 0) is 0 Å². The van der Waals surface area contributed by atoms with Crippen LogP contribution in [0.2, 0.25) is 0 Å². The number of nitrogens with zero attached hydrogens (tertiary/aromatic N) is 2. The Labute approximate surface area is 201 Å². The number of hydrogen-bond donors (Lipinski definition) is 4. The van der Waals surface area contributed by atoms with Crippen LogP contribution in [0.15, 0.2) is 85.2 Å². The number of amides is 1. The van der Waals surface area contributed by atoms with Gasteiger partial charge >= 0.3 is 0 Å². The van der Waals surface area contributed by atoms with Crippen LogP contribution in [-0.4, -0.2) is 27.6 Å². The van der Waals surface area contributed by atoms with Gasteiger partial charge in [0.1, 0.15) is 17.3 Å². The maximum atomic E-state index is 13.4. The van der Waals surface area contributed by atoms with Crippen molar-refractivity contribution < 1.29 is 9.53 Å². The average Bonchev–Trinajstić information content (AvgIpc) is 3.51. The molecule has 0 bridgehead atoms. The highest BCUT2D eigenvalue weighted by molar-refractivity contribution is 6.12. The van der Waals surface area contributed by atoms with Crippen molar-refractivity contribution in [2.24, 2.45) is 0 Å². The number of carbonyl (C=O) groups excluding carboxylic acids is 1. The molecule has 0 saturated heterocycles. The van der Waals surface area contributed by atoms with E-state index in [-0.39, 0.29) is 11.8 Å². The number of ether oxygens (including phenoxy) is 1. The van der Waals surface area contributed by atoms with Gasteiger partial charge in [-0.25, -0.2) is 4.98 Å². The molecule has 8 nitrogen and oxygen atoms in total. The van der Waals surface area contributed by atoms with E-state index >= 15 is 0 Å². The number of hydrogen-bond acceptors (Lipinski definition) is 6. The molecule has 3 aromatic carbocycles. The fourth-order valence-electron chi connectivity index (χ4n) is 4.46. The topological polar surface area (TPSA) is 118 Å². The highest BCUT2D eigenvalue weighted by Crippen LogP contribution is 2.38. The lowest BCUT2D eigenvalue weighted by molar-refractivity contribution is 0.102. The molecule has 5 aromatic rings. The third-order valence-electron chi connectivity index (χ3n) is 6.12. The van der Waals surface area contributed by atoms with Gasteiger partial charge in [0.05, 0.1) is 29.2 Å². The summed E-state index contributed by atoms with van der Waals surface area (Å²) in [5, 5.41) is 14.4. The van der Waals surface area contributed by atoms with Gasteiger partial charge in [0, 0.05) is 29.6 Å². The second-order valence-corrected chi connectivity index (χ2v) is 8.43. The summed E-state index contributed by atoms with van der Waals surface area (Å²) in [6.07, 6.45) is 3.48. The van der Waals surface area contributed by atoms with E-state index < -0.39 is 0 Å². The largest absolute Gasteiger partial charge is 0.457 e. The number of aromatic nitrogens is 3. The number of rotatable bonds is 5. The minimum atomic E-state index is -0.238. The number of carbonyl (C=O) groups is 1. The SMILES string of the molecule is Nc1cc2c(cn1)NCC2c1cc(C(=O)Nc2cccc(Oc3ccccc3)c2)c2[nH]ncc2c1. The van der Waals surface area contributed by atoms with Crippen LogP contribution in [0.4, 0.5) is 17.2 Å². The Morgan fingerprint density at radius 3 is 2.74 bits per heavy atom. The van der Waals surface area contributed by atoms with Crippen molar-refractivity contribution in [3.05, 3.63) is 102 Å². The molecular weight excluding hydrogens is 440 g/mol. The second kappa shape index (κ2) is 8.49. The molecule has 172 valence electrons. The Balaban J connectivity index is 1.31. The van der Waals surface area contributed by atoms with Crippen LogP contribution in [0.3, 0.4) is 0 Å². The zero-order valence-electron chi connectivity index (χ0n) is 18.7. The summed E-state index contributed by atoms with van der Waals surface area (Å²) in [6, 6.07) is 22.7. The Bertz CT molecular complexity index is 1550. The van der Waals surface area contributed by atoms with Crippen molar-refractivity contribution in [1.29, 1.82) is 0 Å². The Hall–Kier alpha value is -4.85. The van der Waals surface area contributed by atoms with Crippen LogP contribution in [0.5, 0.6) is 11.5 Å². The number of anilines is 3. The van der Waals surface area contributed by atoms with Crippen LogP contribution < -0.4 is 21.1 Å². The minimum absolute atomic E-state index is 0.0451. The average molecular weight is 463 g/mol. The molecule has 0 fully saturated rings. The quantitative estimate of drug-likeness (QED) is 0.287. The van der Waals surface area contributed by atoms with E-state index in [1.807, 2.05) is 60.7 Å². The van der Waals surface area contributed by atoms with Crippen molar-refractivity contribution in [3.63, 3.8) is 0 Å². The first kappa shape index (κ1) is 20.7. The van der Waals surface area contributed by atoms with Gasteiger partial charge in [-0.3, -0.25) is 9.89 Å². The number of nitrogens with one attached hydrogen (secondary N) is 3. The molecule has 1 aliphatic heterocycles. The Kier molecular flexibility index (Phi) is 5.03. The standard InChI is InChI=1S/C27H22N6O2/c28-25-12-21-23(14-29-24(21)15-30-25)16-9-17-13-31-33-26(17)22(10-16)27(34)32-18-5-4-8-20(11-18)35-19-6-2-1-3-7-19/h1-13,15,23,29H,14H2,(H2,28,30)(H,31,33)(H,32,34). The number of fused-ring (bicyclic) bond motifs is 2. The van der Waals surface area contributed by atoms with E-state index in [1.54, 1.807) is 18.5 Å². The summed E-state index contributed by atoms with van der Waals surface area (Å²) in [5.41, 5.74) is 10.8. The predicted octanol–water partition coefficient (Wildman–Crippen LogP) is 5.14. The number of pyridine rings is 1. The fourth-order valence-corrected chi connectivity index (χ4v) is 4.46. The van der Waals surface area contributed by atoms with Crippen LogP contribution >= 0.6 is 0 Å². The summed E-state index contributed by atoms with van der Waals surface area (Å²) in [6.45, 7) is 0.698. The summed E-state index contributed by atoms with van der Waals surface area (Å²) in [5.74, 6) is 1.64. The molecule has 0 radical (unpaired) electrons. The number of aromatic amines is 1. The van der Waals surface area contributed by atoms with Crippen LogP contribution in [0, 0.1) is 0 Å². The number of para-hydroxylation sites is 1. The summed E-state index contributed by atoms with van der Waals surface area (Å²) >= 11 is 0. The van der Waals surface area contributed by atoms with E-state index in [0.717, 1.165) is 28.0 Å². The lowest BCUT2D eigenvalue weighted by atomic mass is 9.91. The van der Waals surface area contributed by atoms with Crippen molar-refractivity contribution in [2.75, 3.05) is 22.9 Å². The first-order valence-electron chi connectivity index (χ1n) is 11.2. The molecular formula is C27H22N6O2. The molecule has 1 atom stereocenters. The molecule has 0 saturated carbocycles. The molecule has 3 heterocycles. The molecule has 1 unspecified atom stereocenters. The first-order chi connectivity index (χ1) is 17.1. The van der Waals surface area contributed by atoms with Gasteiger partial charge in [-0.05, 0) is 53.6 Å². The van der Waals surface area contributed by atoms with Gasteiger partial charge in [-0.2, -0.15) is 5.10 Å². The van der Waals surface area contributed by atoms with E-state index in [2.05, 4.69) is 31.9 Å². The normalized spacial score (nSPS) is 14.3. The van der Waals surface area contributed by atoms with Gasteiger partial charge in [0.2, 0.25) is 0 Å². The van der Waals surface area contributed by atoms with Crippen molar-refractivity contribution >= 4 is 34.0 Å². The lowest BCUT2D eigenvalue weighted by Crippen LogP contribution is -2.14. The lowest BCUT2D eigenvalue weighted by Gasteiger charge is -2.14. The molecule has 5 N–H and O–H groups in total. The van der Waals surface area contributed by atoms with Crippen molar-refractivity contribution in [2.45, 2.75) is 5.92 Å². The molecule has 1 aliphatic rings. The molecule has 2 aromatic heterocycles. The summed E-state index contributed by atoms with van der Waals surface area (Å²) < 4.78 is 5.90. The number of H-pyrrole nitrogens is 1. The third kappa shape index (κ3) is 4.02. The highest BCUT2D eigenvalue weighted by Gasteiger charge is 2.26. The van der Waals surface area contributed by atoms with Gasteiger partial charge in [0.15, 0.2) is 0 Å². The maximum absolute atomic E-state index is 13.4. The van der Waals surface area contributed by atoms with Crippen molar-refractivity contribution in [1.82, 2.24) is 15.2 Å². The van der Waals surface area contributed by atoms with E-state index in [4.69, 9.17) is 10.5 Å². The molecule has 35 heavy (non-hydrogen) atoms. The summed E-state index contributed by atoms with van der Waals surface area (Å²) in [4.78, 5) is 17.6. The Morgan fingerprint density at radius 2 is 1.86 bits per heavy atom. The van der Waals surface area contributed by atoms with Gasteiger partial charge in [-0.15, -0.1) is 0 Å². The highest BCUT2D eigenvalue weighted by atomic mass is 16.5. The molecule has 6 rings (SSSR count). The second-order valence-electron chi connectivity index (χ2n) is 8.43. The predicted molar refractivity (Wildman–Crippen MR) is 136 cm³/mol. The van der Waals surface area contributed by atoms with Crippen LogP contribution in [0.1, 0.15) is 27.4 Å². The fraction of sp³-hybridized carbons (Fsp3) is 0.0741. The number of nitrogens with two attached hydrogens (primary N) is 1. The molecule has 0 aliphatic carbocycles. The maximum Gasteiger partial charge on any atom is 0.257 e. The first-order valence-corrected chi connectivity index (χ1v) is 11.2. The zero-order valence-corrected chi connectivity index (χ0v) is 18.7. The third-order valence-corrected chi connectivity index (χ3v) is 6.12. The molecule has 1 amide bonds. The smallest absolute Gasteiger partial charge is 0.257 e. The molecule has 0 spiro atoms. The van der Waals surface area contributed by atoms with Gasteiger partial charge in [0.25, 0.3) is 5.91 Å². The van der Waals surface area contributed by atoms with Crippen LogP contribution in [0.25, 0.3) is 10.9 Å². The van der Waals surface area contributed by atoms with E-state index in [0.29, 0.717) is 34.9 Å². The zero-order chi connectivity index (χ0) is 23.8. The summed E-state index contributed by atoms with van der Waals surface area (Å²) in [7, 11) is 0.